The van der Waals surface area contributed by atoms with Crippen LogP contribution in [0.3, 0.4) is 0 Å². The number of carbonyl (C=O) groups is 1. The van der Waals surface area contributed by atoms with Gasteiger partial charge in [-0.2, -0.15) is 18.4 Å². The van der Waals surface area contributed by atoms with Crippen molar-refractivity contribution in [1.29, 1.82) is 5.26 Å². The molecule has 0 heterocycles. The molecule has 0 saturated carbocycles. The van der Waals surface area contributed by atoms with Crippen molar-refractivity contribution in [2.24, 2.45) is 0 Å². The van der Waals surface area contributed by atoms with Gasteiger partial charge >= 0.3 is 6.18 Å². The predicted molar refractivity (Wildman–Crippen MR) is 65.9 cm³/mol. The van der Waals surface area contributed by atoms with Gasteiger partial charge in [-0.25, -0.2) is 0 Å². The molecule has 0 spiro atoms. The maximum Gasteiger partial charge on any atom is 0.391 e. The van der Waals surface area contributed by atoms with Crippen LogP contribution < -0.4 is 5.32 Å². The Hall–Kier alpha value is -2.07. The van der Waals surface area contributed by atoms with E-state index in [1.807, 2.05) is 6.07 Å². The Kier molecular flexibility index (Phi) is 5.53. The molecule has 4 nitrogen and oxygen atoms in total. The topological polar surface area (TPSA) is 62.1 Å². The number of alkyl halides is 3. The minimum atomic E-state index is -4.32. The molecule has 0 saturated heterocycles. The average molecular weight is 286 g/mol. The van der Waals surface area contributed by atoms with E-state index in [0.717, 1.165) is 0 Å². The number of nitriles is 1. The molecule has 0 aliphatic carbocycles. The van der Waals surface area contributed by atoms with Crippen LogP contribution in [-0.2, 0) is 9.53 Å². The van der Waals surface area contributed by atoms with Crippen LogP contribution in [0.15, 0.2) is 24.3 Å². The van der Waals surface area contributed by atoms with E-state index in [2.05, 4.69) is 5.32 Å². The number of amides is 1. The average Bonchev–Trinajstić information content (AvgIpc) is 2.37. The molecule has 1 aromatic rings. The van der Waals surface area contributed by atoms with Crippen molar-refractivity contribution < 1.29 is 22.7 Å². The van der Waals surface area contributed by atoms with Crippen molar-refractivity contribution in [3.05, 3.63) is 29.8 Å². The fraction of sp³-hybridized carbons (Fsp3) is 0.385. The molecule has 1 N–H and O–H groups in total. The zero-order chi connectivity index (χ0) is 15.2. The van der Waals surface area contributed by atoms with Crippen molar-refractivity contribution in [3.63, 3.8) is 0 Å². The molecule has 0 radical (unpaired) electrons. The molecule has 1 aromatic carbocycles. The summed E-state index contributed by atoms with van der Waals surface area (Å²) in [7, 11) is 0. The van der Waals surface area contributed by atoms with Crippen LogP contribution in [0.4, 0.5) is 18.9 Å². The summed E-state index contributed by atoms with van der Waals surface area (Å²) in [5.74, 6) is -0.602. The van der Waals surface area contributed by atoms with Crippen LogP contribution in [0.2, 0.25) is 0 Å². The fourth-order valence-electron chi connectivity index (χ4n) is 1.35. The smallest absolute Gasteiger partial charge is 0.368 e. The highest BCUT2D eigenvalue weighted by Crippen LogP contribution is 2.19. The molecule has 0 bridgehead atoms. The Balaban J connectivity index is 2.52. The molecule has 1 atom stereocenters. The van der Waals surface area contributed by atoms with E-state index >= 15 is 0 Å². The standard InChI is InChI=1S/C13H13F3N2O2/c1-9(20-7-6-13(14,15)16)12(19)18-11-5-3-2-4-10(11)8-17/h2-5,9H,6-7H2,1H3,(H,18,19). The molecule has 20 heavy (non-hydrogen) atoms. The van der Waals surface area contributed by atoms with Crippen molar-refractivity contribution in [2.45, 2.75) is 25.6 Å². The van der Waals surface area contributed by atoms with Gasteiger partial charge in [-0.3, -0.25) is 4.79 Å². The zero-order valence-electron chi connectivity index (χ0n) is 10.7. The highest BCUT2D eigenvalue weighted by molar-refractivity contribution is 5.95. The van der Waals surface area contributed by atoms with Crippen molar-refractivity contribution >= 4 is 11.6 Å². The summed E-state index contributed by atoms with van der Waals surface area (Å²) in [5.41, 5.74) is 0.564. The third kappa shape index (κ3) is 5.28. The molecule has 1 unspecified atom stereocenters. The molecule has 7 heteroatoms. The maximum absolute atomic E-state index is 11.9. The van der Waals surface area contributed by atoms with Gasteiger partial charge in [0, 0.05) is 0 Å². The number of hydrogen-bond acceptors (Lipinski definition) is 3. The van der Waals surface area contributed by atoms with E-state index in [9.17, 15) is 18.0 Å². The number of carbonyl (C=O) groups excluding carboxylic acids is 1. The van der Waals surface area contributed by atoms with Crippen molar-refractivity contribution in [3.8, 4) is 6.07 Å². The molecule has 0 aliphatic heterocycles. The Bertz CT molecular complexity index is 509. The van der Waals surface area contributed by atoms with E-state index in [1.165, 1.54) is 19.1 Å². The van der Waals surface area contributed by atoms with E-state index in [1.54, 1.807) is 12.1 Å². The Morgan fingerprint density at radius 2 is 2.10 bits per heavy atom. The van der Waals surface area contributed by atoms with Crippen LogP contribution >= 0.6 is 0 Å². The number of ether oxygens (including phenoxy) is 1. The number of benzene rings is 1. The van der Waals surface area contributed by atoms with Gasteiger partial charge in [0.05, 0.1) is 24.3 Å². The predicted octanol–water partition coefficient (Wildman–Crippen LogP) is 2.85. The van der Waals surface area contributed by atoms with Crippen molar-refractivity contribution in [2.75, 3.05) is 11.9 Å². The monoisotopic (exact) mass is 286 g/mol. The lowest BCUT2D eigenvalue weighted by Crippen LogP contribution is -2.29. The number of nitrogens with zero attached hydrogens (tertiary/aromatic N) is 1. The minimum Gasteiger partial charge on any atom is -0.368 e. The fourth-order valence-corrected chi connectivity index (χ4v) is 1.35. The Morgan fingerprint density at radius 1 is 1.45 bits per heavy atom. The van der Waals surface area contributed by atoms with Gasteiger partial charge in [-0.15, -0.1) is 0 Å². The Labute approximate surface area is 114 Å². The lowest BCUT2D eigenvalue weighted by atomic mass is 10.2. The molecule has 108 valence electrons. The first-order valence-electron chi connectivity index (χ1n) is 5.82. The number of halogens is 3. The first-order chi connectivity index (χ1) is 9.33. The molecule has 1 rings (SSSR count). The second-order valence-electron chi connectivity index (χ2n) is 4.02. The second-order valence-corrected chi connectivity index (χ2v) is 4.02. The van der Waals surface area contributed by atoms with Crippen LogP contribution in [0.5, 0.6) is 0 Å². The first kappa shape index (κ1) is 16.0. The first-order valence-corrected chi connectivity index (χ1v) is 5.82. The summed E-state index contributed by atoms with van der Waals surface area (Å²) in [4.78, 5) is 11.7. The Morgan fingerprint density at radius 3 is 2.70 bits per heavy atom. The second kappa shape index (κ2) is 6.91. The third-order valence-electron chi connectivity index (χ3n) is 2.43. The number of rotatable bonds is 5. The summed E-state index contributed by atoms with van der Waals surface area (Å²) in [5, 5.41) is 11.3. The highest BCUT2D eigenvalue weighted by atomic mass is 19.4. The van der Waals surface area contributed by atoms with Gasteiger partial charge < -0.3 is 10.1 Å². The SMILES string of the molecule is CC(OCCC(F)(F)F)C(=O)Nc1ccccc1C#N. The van der Waals surface area contributed by atoms with E-state index in [-0.39, 0.29) is 5.56 Å². The summed E-state index contributed by atoms with van der Waals surface area (Å²) in [6.07, 6.45) is -6.47. The van der Waals surface area contributed by atoms with Gasteiger partial charge in [0.15, 0.2) is 0 Å². The summed E-state index contributed by atoms with van der Waals surface area (Å²) < 4.78 is 40.6. The van der Waals surface area contributed by atoms with Gasteiger partial charge in [0.2, 0.25) is 0 Å². The van der Waals surface area contributed by atoms with Gasteiger partial charge in [-0.05, 0) is 19.1 Å². The maximum atomic E-state index is 11.9. The molecule has 0 aromatic heterocycles. The molecule has 0 aliphatic rings. The quantitative estimate of drug-likeness (QED) is 0.905. The number of nitrogens with one attached hydrogen (secondary N) is 1. The summed E-state index contributed by atoms with van der Waals surface area (Å²) in [6, 6.07) is 8.21. The van der Waals surface area contributed by atoms with Gasteiger partial charge in [0.1, 0.15) is 12.2 Å². The number of hydrogen-bond donors (Lipinski definition) is 1. The molecular weight excluding hydrogens is 273 g/mol. The number of anilines is 1. The van der Waals surface area contributed by atoms with Gasteiger partial charge in [0.25, 0.3) is 5.91 Å². The van der Waals surface area contributed by atoms with Crippen LogP contribution in [0, 0.1) is 11.3 Å². The molecular formula is C13H13F3N2O2. The van der Waals surface area contributed by atoms with Crippen LogP contribution in [0.25, 0.3) is 0 Å². The lowest BCUT2D eigenvalue weighted by molar-refractivity contribution is -0.152. The summed E-state index contributed by atoms with van der Waals surface area (Å²) in [6.45, 7) is 0.763. The van der Waals surface area contributed by atoms with Gasteiger partial charge in [-0.1, -0.05) is 12.1 Å². The zero-order valence-corrected chi connectivity index (χ0v) is 10.7. The van der Waals surface area contributed by atoms with Crippen molar-refractivity contribution in [1.82, 2.24) is 0 Å². The highest BCUT2D eigenvalue weighted by Gasteiger charge is 2.27. The van der Waals surface area contributed by atoms with E-state index < -0.39 is 31.2 Å². The normalized spacial score (nSPS) is 12.6. The van der Waals surface area contributed by atoms with E-state index in [0.29, 0.717) is 5.69 Å². The van der Waals surface area contributed by atoms with Crippen LogP contribution in [-0.4, -0.2) is 24.8 Å². The largest absolute Gasteiger partial charge is 0.391 e. The third-order valence-corrected chi connectivity index (χ3v) is 2.43. The minimum absolute atomic E-state index is 0.267. The lowest BCUT2D eigenvalue weighted by Gasteiger charge is -2.14. The number of para-hydroxylation sites is 1. The molecule has 0 fully saturated rings. The van der Waals surface area contributed by atoms with Crippen LogP contribution in [0.1, 0.15) is 18.9 Å². The molecule has 1 amide bonds. The van der Waals surface area contributed by atoms with E-state index in [4.69, 9.17) is 10.00 Å². The summed E-state index contributed by atoms with van der Waals surface area (Å²) >= 11 is 0.